The van der Waals surface area contributed by atoms with Crippen molar-refractivity contribution in [3.05, 3.63) is 59.2 Å². The monoisotopic (exact) mass is 497 g/mol. The van der Waals surface area contributed by atoms with E-state index in [0.717, 1.165) is 10.5 Å². The minimum absolute atomic E-state index is 0.0109. The summed E-state index contributed by atoms with van der Waals surface area (Å²) in [6.07, 6.45) is 0.842. The lowest BCUT2D eigenvalue weighted by molar-refractivity contribution is -0.133. The third kappa shape index (κ3) is 5.80. The van der Waals surface area contributed by atoms with E-state index in [1.54, 1.807) is 14.0 Å². The second-order valence-electron chi connectivity index (χ2n) is 8.33. The fourth-order valence-electron chi connectivity index (χ4n) is 3.76. The first-order valence-electron chi connectivity index (χ1n) is 11.0. The van der Waals surface area contributed by atoms with Gasteiger partial charge in [0.2, 0.25) is 5.91 Å². The highest BCUT2D eigenvalue weighted by Crippen LogP contribution is 2.24. The third-order valence-corrected chi connectivity index (χ3v) is 5.78. The maximum atomic E-state index is 13.0. The Kier molecular flexibility index (Phi) is 7.93. The van der Waals surface area contributed by atoms with E-state index in [-0.39, 0.29) is 16.8 Å². The van der Waals surface area contributed by atoms with Crippen molar-refractivity contribution in [3.8, 4) is 5.75 Å². The molecular formula is C25H27N3O8. The Labute approximate surface area is 207 Å². The summed E-state index contributed by atoms with van der Waals surface area (Å²) in [4.78, 5) is 63.0. The van der Waals surface area contributed by atoms with E-state index in [0.29, 0.717) is 18.6 Å². The van der Waals surface area contributed by atoms with E-state index in [2.05, 4.69) is 20.1 Å². The predicted molar refractivity (Wildman–Crippen MR) is 128 cm³/mol. The number of hydrogen-bond acceptors (Lipinski definition) is 8. The molecule has 0 spiro atoms. The van der Waals surface area contributed by atoms with Gasteiger partial charge in [0.1, 0.15) is 17.8 Å². The van der Waals surface area contributed by atoms with Gasteiger partial charge in [0.25, 0.3) is 5.91 Å². The Morgan fingerprint density at radius 2 is 1.53 bits per heavy atom. The maximum absolute atomic E-state index is 13.0. The molecule has 11 heteroatoms. The largest absolute Gasteiger partial charge is 0.497 e. The first-order chi connectivity index (χ1) is 17.1. The van der Waals surface area contributed by atoms with Crippen LogP contribution in [0.5, 0.6) is 5.75 Å². The minimum atomic E-state index is -1.18. The number of carbonyl (C=O) groups excluding carboxylic acids is 5. The van der Waals surface area contributed by atoms with E-state index in [1.165, 1.54) is 32.4 Å². The Morgan fingerprint density at radius 1 is 0.944 bits per heavy atom. The van der Waals surface area contributed by atoms with E-state index < -0.39 is 41.9 Å². The summed E-state index contributed by atoms with van der Waals surface area (Å²) in [5.74, 6) is -1.97. The molecule has 0 bridgehead atoms. The van der Waals surface area contributed by atoms with E-state index in [1.807, 2.05) is 24.3 Å². The van der Waals surface area contributed by atoms with Crippen molar-refractivity contribution in [2.45, 2.75) is 25.3 Å². The number of benzene rings is 2. The molecule has 0 aromatic heterocycles. The lowest BCUT2D eigenvalue weighted by atomic mass is 9.93. The van der Waals surface area contributed by atoms with Gasteiger partial charge in [0.15, 0.2) is 0 Å². The summed E-state index contributed by atoms with van der Waals surface area (Å²) in [7, 11) is 3.92. The van der Waals surface area contributed by atoms with Crippen LogP contribution in [0, 0.1) is 0 Å². The van der Waals surface area contributed by atoms with Crippen LogP contribution in [0.2, 0.25) is 0 Å². The topological polar surface area (TPSA) is 140 Å². The van der Waals surface area contributed by atoms with Crippen molar-refractivity contribution in [1.29, 1.82) is 0 Å². The Balaban J connectivity index is 1.68. The number of carbonyl (C=O) groups is 5. The second-order valence-corrected chi connectivity index (χ2v) is 8.33. The number of nitrogens with zero attached hydrogens (tertiary/aromatic N) is 1. The molecule has 1 aliphatic heterocycles. The number of methoxy groups -OCH3 is 3. The summed E-state index contributed by atoms with van der Waals surface area (Å²) in [5.41, 5.74) is -0.103. The number of urea groups is 1. The van der Waals surface area contributed by atoms with Gasteiger partial charge in [-0.15, -0.1) is 0 Å². The molecule has 0 saturated carbocycles. The van der Waals surface area contributed by atoms with Crippen molar-refractivity contribution < 1.29 is 38.2 Å². The third-order valence-electron chi connectivity index (χ3n) is 5.78. The molecule has 2 N–H and O–H groups in total. The van der Waals surface area contributed by atoms with Gasteiger partial charge in [0, 0.05) is 5.69 Å². The van der Waals surface area contributed by atoms with Crippen LogP contribution in [-0.2, 0) is 25.5 Å². The normalized spacial score (nSPS) is 16.8. The number of ether oxygens (including phenoxy) is 3. The molecule has 2 aromatic carbocycles. The van der Waals surface area contributed by atoms with Gasteiger partial charge in [0.05, 0.1) is 32.5 Å². The van der Waals surface area contributed by atoms with Gasteiger partial charge < -0.3 is 24.8 Å². The van der Waals surface area contributed by atoms with Crippen molar-refractivity contribution in [1.82, 2.24) is 10.2 Å². The Hall–Kier alpha value is -4.41. The summed E-state index contributed by atoms with van der Waals surface area (Å²) in [6.45, 7) is 1.05. The van der Waals surface area contributed by atoms with Crippen molar-refractivity contribution >= 4 is 35.5 Å². The molecule has 190 valence electrons. The van der Waals surface area contributed by atoms with Gasteiger partial charge in [-0.25, -0.2) is 14.4 Å². The van der Waals surface area contributed by atoms with Crippen LogP contribution in [0.3, 0.4) is 0 Å². The van der Waals surface area contributed by atoms with Gasteiger partial charge in [-0.05, 0) is 55.7 Å². The number of amides is 4. The minimum Gasteiger partial charge on any atom is -0.497 e. The van der Waals surface area contributed by atoms with Crippen LogP contribution in [0.15, 0.2) is 42.5 Å². The number of esters is 2. The van der Waals surface area contributed by atoms with Crippen LogP contribution >= 0.6 is 0 Å². The van der Waals surface area contributed by atoms with E-state index in [9.17, 15) is 24.0 Å². The van der Waals surface area contributed by atoms with Crippen molar-refractivity contribution in [3.63, 3.8) is 0 Å². The highest BCUT2D eigenvalue weighted by molar-refractivity contribution is 6.10. The number of aryl methyl sites for hydroxylation is 1. The molecule has 1 saturated heterocycles. The zero-order valence-electron chi connectivity index (χ0n) is 20.4. The summed E-state index contributed by atoms with van der Waals surface area (Å²) in [6, 6.07) is 10.6. The van der Waals surface area contributed by atoms with Gasteiger partial charge in [-0.1, -0.05) is 12.1 Å². The quantitative estimate of drug-likeness (QED) is 0.397. The van der Waals surface area contributed by atoms with Gasteiger partial charge >= 0.3 is 18.0 Å². The first kappa shape index (κ1) is 26.2. The lowest BCUT2D eigenvalue weighted by Gasteiger charge is -2.21. The molecule has 2 aromatic rings. The Morgan fingerprint density at radius 3 is 2.06 bits per heavy atom. The second kappa shape index (κ2) is 10.9. The van der Waals surface area contributed by atoms with Gasteiger partial charge in [-0.3, -0.25) is 14.5 Å². The maximum Gasteiger partial charge on any atom is 0.337 e. The summed E-state index contributed by atoms with van der Waals surface area (Å²) in [5, 5.41) is 5.17. The van der Waals surface area contributed by atoms with E-state index >= 15 is 0 Å². The molecule has 1 atom stereocenters. The van der Waals surface area contributed by atoms with Crippen molar-refractivity contribution in [2.24, 2.45) is 0 Å². The smallest absolute Gasteiger partial charge is 0.337 e. The van der Waals surface area contributed by atoms with Gasteiger partial charge in [-0.2, -0.15) is 0 Å². The van der Waals surface area contributed by atoms with Crippen LogP contribution in [0.1, 0.15) is 39.6 Å². The highest BCUT2D eigenvalue weighted by Gasteiger charge is 2.47. The number of imide groups is 1. The fourth-order valence-corrected chi connectivity index (χ4v) is 3.76. The summed E-state index contributed by atoms with van der Waals surface area (Å²) >= 11 is 0. The molecule has 3 rings (SSSR count). The lowest BCUT2D eigenvalue weighted by Crippen LogP contribution is -2.45. The molecule has 0 aliphatic carbocycles. The number of rotatable bonds is 9. The molecule has 0 radical (unpaired) electrons. The SMILES string of the molecule is COC(=O)c1cc(NC(=O)CN2C(=O)NC(C)(CCc3ccc(OC)cc3)C2=O)cc(C(=O)OC)c1. The average molecular weight is 498 g/mol. The molecule has 1 fully saturated rings. The number of hydrogen-bond donors (Lipinski definition) is 2. The zero-order chi connectivity index (χ0) is 26.5. The number of anilines is 1. The molecule has 4 amide bonds. The molecule has 11 nitrogen and oxygen atoms in total. The highest BCUT2D eigenvalue weighted by atomic mass is 16.5. The molecular weight excluding hydrogens is 470 g/mol. The average Bonchev–Trinajstić information content (AvgIpc) is 3.09. The van der Waals surface area contributed by atoms with Crippen LogP contribution in [0.25, 0.3) is 0 Å². The summed E-state index contributed by atoms with van der Waals surface area (Å²) < 4.78 is 14.5. The molecule has 1 unspecified atom stereocenters. The first-order valence-corrected chi connectivity index (χ1v) is 11.0. The van der Waals surface area contributed by atoms with E-state index in [4.69, 9.17) is 4.74 Å². The van der Waals surface area contributed by atoms with Crippen LogP contribution in [-0.4, -0.2) is 68.1 Å². The standard InChI is InChI=1S/C25H27N3O8/c1-25(10-9-15-5-7-19(34-2)8-6-15)23(32)28(24(33)27-25)14-20(29)26-18-12-16(21(30)35-3)11-17(13-18)22(31)36-4/h5-8,11-13H,9-10,14H2,1-4H3,(H,26,29)(H,27,33). The van der Waals surface area contributed by atoms with Crippen molar-refractivity contribution in [2.75, 3.05) is 33.2 Å². The molecule has 1 heterocycles. The van der Waals surface area contributed by atoms with Crippen LogP contribution < -0.4 is 15.4 Å². The van der Waals surface area contributed by atoms with Crippen LogP contribution in [0.4, 0.5) is 10.5 Å². The molecule has 36 heavy (non-hydrogen) atoms. The Bertz CT molecular complexity index is 1160. The fraction of sp³-hybridized carbons (Fsp3) is 0.320. The predicted octanol–water partition coefficient (Wildman–Crippen LogP) is 2.15. The zero-order valence-corrected chi connectivity index (χ0v) is 20.4. The molecule has 1 aliphatic rings. The number of nitrogens with one attached hydrogen (secondary N) is 2.